The molecule has 1 aliphatic heterocycles. The first-order valence-electron chi connectivity index (χ1n) is 7.23. The van der Waals surface area contributed by atoms with Gasteiger partial charge in [-0.25, -0.2) is 0 Å². The van der Waals surface area contributed by atoms with Crippen LogP contribution in [0.1, 0.15) is 54.9 Å². The van der Waals surface area contributed by atoms with Crippen molar-refractivity contribution in [2.75, 3.05) is 26.2 Å². The molecule has 0 aromatic carbocycles. The summed E-state index contributed by atoms with van der Waals surface area (Å²) >= 11 is 0. The first-order chi connectivity index (χ1) is 7.73. The van der Waals surface area contributed by atoms with E-state index in [9.17, 15) is 0 Å². The molecule has 1 unspecified atom stereocenters. The van der Waals surface area contributed by atoms with Crippen LogP contribution in [0.3, 0.4) is 0 Å². The molecule has 2 heteroatoms. The zero-order valence-corrected chi connectivity index (χ0v) is 13.0. The van der Waals surface area contributed by atoms with Crippen LogP contribution in [0.5, 0.6) is 0 Å². The minimum atomic E-state index is 0.327. The van der Waals surface area contributed by atoms with Gasteiger partial charge < -0.3 is 0 Å². The van der Waals surface area contributed by atoms with E-state index in [0.717, 1.165) is 19.0 Å². The van der Waals surface area contributed by atoms with Gasteiger partial charge in [-0.15, -0.1) is 0 Å². The van der Waals surface area contributed by atoms with Gasteiger partial charge in [0.15, 0.2) is 0 Å². The Morgan fingerprint density at radius 1 is 1.06 bits per heavy atom. The molecule has 0 amide bonds. The van der Waals surface area contributed by atoms with Gasteiger partial charge in [0.2, 0.25) is 0 Å². The molecular formula is C15H32N2. The highest BCUT2D eigenvalue weighted by atomic mass is 15.2. The lowest BCUT2D eigenvalue weighted by atomic mass is 9.85. The summed E-state index contributed by atoms with van der Waals surface area (Å²) in [5.74, 6) is 0.807. The summed E-state index contributed by atoms with van der Waals surface area (Å²) in [7, 11) is 0. The fourth-order valence-electron chi connectivity index (χ4n) is 3.24. The third-order valence-electron chi connectivity index (χ3n) is 4.71. The van der Waals surface area contributed by atoms with E-state index in [2.05, 4.69) is 58.3 Å². The van der Waals surface area contributed by atoms with Gasteiger partial charge in [-0.2, -0.15) is 0 Å². The van der Waals surface area contributed by atoms with Crippen molar-refractivity contribution >= 4 is 0 Å². The molecule has 1 rings (SSSR count). The van der Waals surface area contributed by atoms with Crippen LogP contribution in [0, 0.1) is 5.92 Å². The van der Waals surface area contributed by atoms with Gasteiger partial charge in [0.1, 0.15) is 0 Å². The highest BCUT2D eigenvalue weighted by Gasteiger charge is 2.40. The largest absolute Gasteiger partial charge is 0.298 e. The summed E-state index contributed by atoms with van der Waals surface area (Å²) in [4.78, 5) is 5.26. The summed E-state index contributed by atoms with van der Waals surface area (Å²) in [6.45, 7) is 21.3. The second kappa shape index (κ2) is 5.27. The van der Waals surface area contributed by atoms with Crippen molar-refractivity contribution in [3.05, 3.63) is 0 Å². The first kappa shape index (κ1) is 15.0. The van der Waals surface area contributed by atoms with E-state index < -0.39 is 0 Å². The number of hydrogen-bond donors (Lipinski definition) is 0. The Bertz CT molecular complexity index is 236. The van der Waals surface area contributed by atoms with E-state index in [1.165, 1.54) is 19.5 Å². The molecule has 0 aliphatic carbocycles. The molecule has 1 atom stereocenters. The maximum Gasteiger partial charge on any atom is 0.0193 e. The average Bonchev–Trinajstić information content (AvgIpc) is 2.67. The Labute approximate surface area is 108 Å². The molecular weight excluding hydrogens is 208 g/mol. The monoisotopic (exact) mass is 240 g/mol. The van der Waals surface area contributed by atoms with Crippen LogP contribution >= 0.6 is 0 Å². The Hall–Kier alpha value is -0.0800. The maximum atomic E-state index is 2.64. The van der Waals surface area contributed by atoms with Gasteiger partial charge in [0.25, 0.3) is 0 Å². The molecule has 0 bridgehead atoms. The zero-order chi connectivity index (χ0) is 13.3. The topological polar surface area (TPSA) is 6.48 Å². The third kappa shape index (κ3) is 3.23. The van der Waals surface area contributed by atoms with Crippen molar-refractivity contribution in [1.82, 2.24) is 9.80 Å². The molecule has 0 aromatic rings. The maximum absolute atomic E-state index is 2.64. The summed E-state index contributed by atoms with van der Waals surface area (Å²) in [6, 6.07) is 0. The standard InChI is InChI=1S/C15H32N2/c1-8-16(9-2)15(6,7)13-10-11-17(12-13)14(3,4)5/h13H,8-12H2,1-7H3. The van der Waals surface area contributed by atoms with Gasteiger partial charge in [0, 0.05) is 17.6 Å². The highest BCUT2D eigenvalue weighted by molar-refractivity contribution is 4.96. The summed E-state index contributed by atoms with van der Waals surface area (Å²) < 4.78 is 0. The van der Waals surface area contributed by atoms with Crippen molar-refractivity contribution in [1.29, 1.82) is 0 Å². The molecule has 1 saturated heterocycles. The van der Waals surface area contributed by atoms with Crippen molar-refractivity contribution < 1.29 is 0 Å². The van der Waals surface area contributed by atoms with Crippen molar-refractivity contribution in [3.8, 4) is 0 Å². The van der Waals surface area contributed by atoms with Gasteiger partial charge in [-0.05, 0) is 66.6 Å². The minimum absolute atomic E-state index is 0.327. The second-order valence-corrected chi connectivity index (χ2v) is 6.93. The van der Waals surface area contributed by atoms with Crippen molar-refractivity contribution in [3.63, 3.8) is 0 Å². The summed E-state index contributed by atoms with van der Waals surface area (Å²) in [5, 5.41) is 0. The molecule has 17 heavy (non-hydrogen) atoms. The number of nitrogens with zero attached hydrogens (tertiary/aromatic N) is 2. The first-order valence-corrected chi connectivity index (χ1v) is 7.23. The zero-order valence-electron chi connectivity index (χ0n) is 13.0. The fourth-order valence-corrected chi connectivity index (χ4v) is 3.24. The van der Waals surface area contributed by atoms with Crippen molar-refractivity contribution in [2.45, 2.75) is 66.0 Å². The molecule has 0 N–H and O–H groups in total. The van der Waals surface area contributed by atoms with E-state index >= 15 is 0 Å². The Balaban J connectivity index is 2.69. The van der Waals surface area contributed by atoms with Gasteiger partial charge in [-0.1, -0.05) is 13.8 Å². The van der Waals surface area contributed by atoms with E-state index in [1.807, 2.05) is 0 Å². The molecule has 0 aromatic heterocycles. The molecule has 1 aliphatic rings. The molecule has 0 saturated carbocycles. The molecule has 0 spiro atoms. The van der Waals surface area contributed by atoms with Crippen LogP contribution in [0.15, 0.2) is 0 Å². The van der Waals surface area contributed by atoms with Gasteiger partial charge >= 0.3 is 0 Å². The normalized spacial score (nSPS) is 23.6. The lowest BCUT2D eigenvalue weighted by Crippen LogP contribution is -2.51. The SMILES string of the molecule is CCN(CC)C(C)(C)C1CCN(C(C)(C)C)C1. The van der Waals surface area contributed by atoms with Crippen LogP contribution in [0.25, 0.3) is 0 Å². The van der Waals surface area contributed by atoms with Gasteiger partial charge in [0.05, 0.1) is 0 Å². The van der Waals surface area contributed by atoms with Crippen molar-refractivity contribution in [2.24, 2.45) is 5.92 Å². The number of hydrogen-bond acceptors (Lipinski definition) is 2. The molecule has 102 valence electrons. The predicted molar refractivity (Wildman–Crippen MR) is 76.4 cm³/mol. The fraction of sp³-hybridized carbons (Fsp3) is 1.00. The lowest BCUT2D eigenvalue weighted by Gasteiger charge is -2.43. The van der Waals surface area contributed by atoms with Crippen LogP contribution in [0.4, 0.5) is 0 Å². The molecule has 1 heterocycles. The number of likely N-dealkylation sites (tertiary alicyclic amines) is 1. The Morgan fingerprint density at radius 3 is 1.94 bits per heavy atom. The number of rotatable bonds is 4. The average molecular weight is 240 g/mol. The second-order valence-electron chi connectivity index (χ2n) is 6.93. The van der Waals surface area contributed by atoms with E-state index in [1.54, 1.807) is 0 Å². The quantitative estimate of drug-likeness (QED) is 0.744. The van der Waals surface area contributed by atoms with E-state index in [-0.39, 0.29) is 0 Å². The van der Waals surface area contributed by atoms with Crippen LogP contribution in [0.2, 0.25) is 0 Å². The van der Waals surface area contributed by atoms with Crippen LogP contribution in [-0.4, -0.2) is 47.1 Å². The van der Waals surface area contributed by atoms with Crippen LogP contribution in [-0.2, 0) is 0 Å². The molecule has 2 nitrogen and oxygen atoms in total. The lowest BCUT2D eigenvalue weighted by molar-refractivity contribution is 0.0668. The predicted octanol–water partition coefficient (Wildman–Crippen LogP) is 3.23. The molecule has 1 fully saturated rings. The summed E-state index contributed by atoms with van der Waals surface area (Å²) in [6.07, 6.45) is 1.35. The Morgan fingerprint density at radius 2 is 1.59 bits per heavy atom. The smallest absolute Gasteiger partial charge is 0.0193 e. The van der Waals surface area contributed by atoms with E-state index in [4.69, 9.17) is 0 Å². The van der Waals surface area contributed by atoms with Gasteiger partial charge in [-0.3, -0.25) is 9.80 Å². The summed E-state index contributed by atoms with van der Waals surface area (Å²) in [5.41, 5.74) is 0.664. The molecule has 0 radical (unpaired) electrons. The highest BCUT2D eigenvalue weighted by Crippen LogP contribution is 2.34. The third-order valence-corrected chi connectivity index (χ3v) is 4.71. The van der Waals surface area contributed by atoms with Crippen LogP contribution < -0.4 is 0 Å². The minimum Gasteiger partial charge on any atom is -0.298 e. The van der Waals surface area contributed by atoms with E-state index in [0.29, 0.717) is 11.1 Å². The Kier molecular flexibility index (Phi) is 4.65.